The molecule has 2 nitrogen and oxygen atoms in total. The highest BCUT2D eigenvalue weighted by Crippen LogP contribution is 2.26. The Labute approximate surface area is 116 Å². The van der Waals surface area contributed by atoms with Gasteiger partial charge in [-0.15, -0.1) is 0 Å². The molecular formula is C16H15F2NO. The van der Waals surface area contributed by atoms with E-state index in [9.17, 15) is 8.78 Å². The maximum absolute atomic E-state index is 13.5. The second kappa shape index (κ2) is 6.30. The summed E-state index contributed by atoms with van der Waals surface area (Å²) in [7, 11) is 0. The Kier molecular flexibility index (Phi) is 4.48. The molecule has 0 saturated heterocycles. The van der Waals surface area contributed by atoms with E-state index in [0.29, 0.717) is 12.3 Å². The fourth-order valence-corrected chi connectivity index (χ4v) is 1.77. The fraction of sp³-hybridized carbons (Fsp3) is 0.125. The van der Waals surface area contributed by atoms with E-state index in [1.807, 2.05) is 25.1 Å². The zero-order valence-corrected chi connectivity index (χ0v) is 11.1. The predicted molar refractivity (Wildman–Crippen MR) is 75.6 cm³/mol. The number of hydrogen-bond acceptors (Lipinski definition) is 2. The molecule has 0 aromatic heterocycles. The minimum Gasteiger partial charge on any atom is -0.454 e. The average Bonchev–Trinajstić information content (AvgIpc) is 2.43. The third-order valence-electron chi connectivity index (χ3n) is 2.86. The normalized spacial score (nSPS) is 11.5. The largest absolute Gasteiger partial charge is 0.454 e. The lowest BCUT2D eigenvalue weighted by Gasteiger charge is -2.08. The second-order valence-electron chi connectivity index (χ2n) is 4.32. The van der Waals surface area contributed by atoms with Gasteiger partial charge in [-0.05, 0) is 42.3 Å². The van der Waals surface area contributed by atoms with E-state index >= 15 is 0 Å². The molecule has 104 valence electrons. The Bertz CT molecular complexity index is 621. The lowest BCUT2D eigenvalue weighted by Crippen LogP contribution is -1.94. The summed E-state index contributed by atoms with van der Waals surface area (Å²) in [6, 6.07) is 10.4. The van der Waals surface area contributed by atoms with E-state index in [0.717, 1.165) is 23.3 Å². The van der Waals surface area contributed by atoms with Gasteiger partial charge in [-0.1, -0.05) is 18.2 Å². The topological polar surface area (TPSA) is 35.2 Å². The van der Waals surface area contributed by atoms with E-state index in [1.165, 1.54) is 6.07 Å². The van der Waals surface area contributed by atoms with Gasteiger partial charge in [0.05, 0.1) is 0 Å². The molecule has 2 N–H and O–H groups in total. The lowest BCUT2D eigenvalue weighted by molar-refractivity contribution is 0.437. The smallest absolute Gasteiger partial charge is 0.168 e. The first-order valence-electron chi connectivity index (χ1n) is 6.20. The molecule has 0 heterocycles. The van der Waals surface area contributed by atoms with Crippen LogP contribution in [0.4, 0.5) is 8.78 Å². The predicted octanol–water partition coefficient (Wildman–Crippen LogP) is 4.12. The van der Waals surface area contributed by atoms with Crippen LogP contribution in [0.3, 0.4) is 0 Å². The second-order valence-corrected chi connectivity index (χ2v) is 4.32. The van der Waals surface area contributed by atoms with Gasteiger partial charge in [0, 0.05) is 12.6 Å². The Balaban J connectivity index is 2.17. The Morgan fingerprint density at radius 2 is 1.85 bits per heavy atom. The van der Waals surface area contributed by atoms with Crippen molar-refractivity contribution in [3.63, 3.8) is 0 Å². The summed E-state index contributed by atoms with van der Waals surface area (Å²) < 4.78 is 31.6. The standard InChI is InChI=1S/C16H15F2NO/c1-11(8-9-19)12-2-5-14(6-3-12)20-16-7-4-13(17)10-15(16)18/h2-8,10H,9,19H2,1H3. The molecule has 0 spiro atoms. The number of hydrogen-bond donors (Lipinski definition) is 1. The molecule has 0 aliphatic heterocycles. The molecule has 0 saturated carbocycles. The SMILES string of the molecule is CC(=CCN)c1ccc(Oc2ccc(F)cc2F)cc1. The van der Waals surface area contributed by atoms with Gasteiger partial charge in [0.2, 0.25) is 0 Å². The van der Waals surface area contributed by atoms with Crippen molar-refractivity contribution in [1.29, 1.82) is 0 Å². The van der Waals surface area contributed by atoms with E-state index in [1.54, 1.807) is 12.1 Å². The van der Waals surface area contributed by atoms with Crippen LogP contribution in [0.1, 0.15) is 12.5 Å². The summed E-state index contributed by atoms with van der Waals surface area (Å²) in [5.74, 6) is -0.880. The molecule has 0 fully saturated rings. The lowest BCUT2D eigenvalue weighted by atomic mass is 10.1. The number of ether oxygens (including phenoxy) is 1. The van der Waals surface area contributed by atoms with Crippen LogP contribution in [-0.4, -0.2) is 6.54 Å². The van der Waals surface area contributed by atoms with E-state index in [2.05, 4.69) is 0 Å². The van der Waals surface area contributed by atoms with E-state index in [4.69, 9.17) is 10.5 Å². The van der Waals surface area contributed by atoms with Crippen LogP contribution in [0.25, 0.3) is 5.57 Å². The molecular weight excluding hydrogens is 260 g/mol. The first-order valence-corrected chi connectivity index (χ1v) is 6.20. The van der Waals surface area contributed by atoms with Gasteiger partial charge in [0.15, 0.2) is 11.6 Å². The van der Waals surface area contributed by atoms with Crippen molar-refractivity contribution in [1.82, 2.24) is 0 Å². The van der Waals surface area contributed by atoms with E-state index in [-0.39, 0.29) is 5.75 Å². The van der Waals surface area contributed by atoms with Crippen LogP contribution in [0.2, 0.25) is 0 Å². The van der Waals surface area contributed by atoms with Crippen molar-refractivity contribution in [3.05, 3.63) is 65.7 Å². The monoisotopic (exact) mass is 275 g/mol. The zero-order valence-electron chi connectivity index (χ0n) is 11.1. The summed E-state index contributed by atoms with van der Waals surface area (Å²) in [5.41, 5.74) is 7.53. The molecule has 0 aliphatic rings. The summed E-state index contributed by atoms with van der Waals surface area (Å²) in [6.45, 7) is 2.44. The van der Waals surface area contributed by atoms with Gasteiger partial charge in [-0.2, -0.15) is 0 Å². The number of allylic oxidation sites excluding steroid dienone is 1. The Morgan fingerprint density at radius 3 is 2.45 bits per heavy atom. The Morgan fingerprint density at radius 1 is 1.15 bits per heavy atom. The quantitative estimate of drug-likeness (QED) is 0.911. The number of benzene rings is 2. The minimum absolute atomic E-state index is 0.00614. The van der Waals surface area contributed by atoms with Crippen LogP contribution < -0.4 is 10.5 Å². The molecule has 20 heavy (non-hydrogen) atoms. The number of nitrogens with two attached hydrogens (primary N) is 1. The fourth-order valence-electron chi connectivity index (χ4n) is 1.77. The van der Waals surface area contributed by atoms with Crippen molar-refractivity contribution in [2.24, 2.45) is 5.73 Å². The van der Waals surface area contributed by atoms with Gasteiger partial charge in [-0.3, -0.25) is 0 Å². The van der Waals surface area contributed by atoms with Crippen molar-refractivity contribution < 1.29 is 13.5 Å². The summed E-state index contributed by atoms with van der Waals surface area (Å²) in [4.78, 5) is 0. The molecule has 4 heteroatoms. The summed E-state index contributed by atoms with van der Waals surface area (Å²) in [6.07, 6.45) is 1.91. The van der Waals surface area contributed by atoms with Crippen LogP contribution in [0.15, 0.2) is 48.5 Å². The van der Waals surface area contributed by atoms with Crippen molar-refractivity contribution in [3.8, 4) is 11.5 Å². The van der Waals surface area contributed by atoms with Gasteiger partial charge >= 0.3 is 0 Å². The Hall–Kier alpha value is -2.20. The highest BCUT2D eigenvalue weighted by Gasteiger charge is 2.06. The van der Waals surface area contributed by atoms with Gasteiger partial charge in [0.25, 0.3) is 0 Å². The van der Waals surface area contributed by atoms with Crippen molar-refractivity contribution in [2.75, 3.05) is 6.54 Å². The van der Waals surface area contributed by atoms with Crippen LogP contribution in [0, 0.1) is 11.6 Å². The molecule has 0 amide bonds. The highest BCUT2D eigenvalue weighted by atomic mass is 19.1. The molecule has 0 unspecified atom stereocenters. The van der Waals surface area contributed by atoms with Gasteiger partial charge in [0.1, 0.15) is 11.6 Å². The van der Waals surface area contributed by atoms with Crippen LogP contribution in [-0.2, 0) is 0 Å². The summed E-state index contributed by atoms with van der Waals surface area (Å²) >= 11 is 0. The van der Waals surface area contributed by atoms with Crippen molar-refractivity contribution >= 4 is 5.57 Å². The average molecular weight is 275 g/mol. The maximum Gasteiger partial charge on any atom is 0.168 e. The molecule has 0 aliphatic carbocycles. The van der Waals surface area contributed by atoms with Gasteiger partial charge in [-0.25, -0.2) is 8.78 Å². The minimum atomic E-state index is -0.728. The first-order chi connectivity index (χ1) is 9.60. The third kappa shape index (κ3) is 3.42. The molecule has 0 atom stereocenters. The summed E-state index contributed by atoms with van der Waals surface area (Å²) in [5, 5.41) is 0. The first kappa shape index (κ1) is 14.2. The molecule has 2 aromatic rings. The molecule has 0 bridgehead atoms. The zero-order chi connectivity index (χ0) is 14.5. The van der Waals surface area contributed by atoms with Crippen LogP contribution >= 0.6 is 0 Å². The highest BCUT2D eigenvalue weighted by molar-refractivity contribution is 5.64. The molecule has 2 rings (SSSR count). The molecule has 0 radical (unpaired) electrons. The maximum atomic E-state index is 13.5. The van der Waals surface area contributed by atoms with Crippen molar-refractivity contribution in [2.45, 2.75) is 6.92 Å². The third-order valence-corrected chi connectivity index (χ3v) is 2.86. The number of halogens is 2. The van der Waals surface area contributed by atoms with E-state index < -0.39 is 11.6 Å². The van der Waals surface area contributed by atoms with Crippen LogP contribution in [0.5, 0.6) is 11.5 Å². The van der Waals surface area contributed by atoms with Gasteiger partial charge < -0.3 is 10.5 Å². The molecule has 2 aromatic carbocycles. The number of rotatable bonds is 4.